The van der Waals surface area contributed by atoms with Gasteiger partial charge in [-0.1, -0.05) is 6.92 Å². The number of carboxylic acids is 1. The molecule has 0 aliphatic rings. The van der Waals surface area contributed by atoms with Crippen LogP contribution in [-0.2, 0) is 11.2 Å². The third-order valence-corrected chi connectivity index (χ3v) is 2.37. The number of hydrogen-bond donors (Lipinski definition) is 2. The molecule has 6 nitrogen and oxygen atoms in total. The minimum atomic E-state index is -1.08. The number of aromatic nitrogens is 3. The minimum Gasteiger partial charge on any atom is -0.480 e. The average Bonchev–Trinajstić information content (AvgIpc) is 2.69. The zero-order chi connectivity index (χ0) is 11.7. The highest BCUT2D eigenvalue weighted by atomic mass is 16.4. The SMILES string of the molecule is CCc1cc2ncc(C(N)C(=O)O)cn2n1. The van der Waals surface area contributed by atoms with Crippen molar-refractivity contribution in [1.29, 1.82) is 0 Å². The molecule has 0 bridgehead atoms. The first-order valence-electron chi connectivity index (χ1n) is 4.94. The molecule has 0 fully saturated rings. The van der Waals surface area contributed by atoms with E-state index in [0.717, 1.165) is 12.1 Å². The maximum absolute atomic E-state index is 10.7. The van der Waals surface area contributed by atoms with E-state index in [4.69, 9.17) is 10.8 Å². The predicted molar refractivity (Wildman–Crippen MR) is 56.9 cm³/mol. The van der Waals surface area contributed by atoms with E-state index in [1.807, 2.05) is 13.0 Å². The van der Waals surface area contributed by atoms with Gasteiger partial charge in [-0.15, -0.1) is 0 Å². The molecule has 6 heteroatoms. The normalized spacial score (nSPS) is 12.9. The van der Waals surface area contributed by atoms with E-state index in [9.17, 15) is 4.79 Å². The Morgan fingerprint density at radius 3 is 3.06 bits per heavy atom. The number of aryl methyl sites for hydroxylation is 1. The quantitative estimate of drug-likeness (QED) is 0.779. The van der Waals surface area contributed by atoms with E-state index < -0.39 is 12.0 Å². The van der Waals surface area contributed by atoms with Gasteiger partial charge in [0.2, 0.25) is 0 Å². The van der Waals surface area contributed by atoms with Crippen molar-refractivity contribution in [2.45, 2.75) is 19.4 Å². The molecular weight excluding hydrogens is 208 g/mol. The molecule has 1 unspecified atom stereocenters. The highest BCUT2D eigenvalue weighted by molar-refractivity contribution is 5.75. The summed E-state index contributed by atoms with van der Waals surface area (Å²) in [5.41, 5.74) is 7.53. The number of fused-ring (bicyclic) bond motifs is 1. The molecule has 2 heterocycles. The van der Waals surface area contributed by atoms with Crippen molar-refractivity contribution in [2.24, 2.45) is 5.73 Å². The van der Waals surface area contributed by atoms with Crippen LogP contribution in [0.3, 0.4) is 0 Å². The van der Waals surface area contributed by atoms with Gasteiger partial charge in [-0.3, -0.25) is 4.79 Å². The molecule has 0 saturated heterocycles. The van der Waals surface area contributed by atoms with Crippen LogP contribution in [0.2, 0.25) is 0 Å². The molecule has 2 aromatic heterocycles. The average molecular weight is 220 g/mol. The summed E-state index contributed by atoms with van der Waals surface area (Å²) in [7, 11) is 0. The molecule has 2 aromatic rings. The van der Waals surface area contributed by atoms with E-state index in [1.165, 1.54) is 6.20 Å². The van der Waals surface area contributed by atoms with Crippen molar-refractivity contribution in [3.05, 3.63) is 29.7 Å². The molecule has 0 spiro atoms. The summed E-state index contributed by atoms with van der Waals surface area (Å²) in [4.78, 5) is 14.8. The summed E-state index contributed by atoms with van der Waals surface area (Å²) in [6.07, 6.45) is 3.87. The summed E-state index contributed by atoms with van der Waals surface area (Å²) >= 11 is 0. The van der Waals surface area contributed by atoms with Gasteiger partial charge in [-0.2, -0.15) is 5.10 Å². The summed E-state index contributed by atoms with van der Waals surface area (Å²) in [5, 5.41) is 13.0. The zero-order valence-corrected chi connectivity index (χ0v) is 8.79. The maximum Gasteiger partial charge on any atom is 0.325 e. The smallest absolute Gasteiger partial charge is 0.325 e. The van der Waals surface area contributed by atoms with Gasteiger partial charge < -0.3 is 10.8 Å². The molecule has 3 N–H and O–H groups in total. The number of hydrogen-bond acceptors (Lipinski definition) is 4. The van der Waals surface area contributed by atoms with E-state index in [2.05, 4.69) is 10.1 Å². The van der Waals surface area contributed by atoms with Crippen molar-refractivity contribution in [1.82, 2.24) is 14.6 Å². The lowest BCUT2D eigenvalue weighted by molar-refractivity contribution is -0.138. The van der Waals surface area contributed by atoms with Gasteiger partial charge in [0.25, 0.3) is 0 Å². The lowest BCUT2D eigenvalue weighted by atomic mass is 10.2. The fourth-order valence-corrected chi connectivity index (χ4v) is 1.42. The van der Waals surface area contributed by atoms with Crippen molar-refractivity contribution in [3.8, 4) is 0 Å². The van der Waals surface area contributed by atoms with E-state index in [0.29, 0.717) is 11.2 Å². The van der Waals surface area contributed by atoms with Crippen LogP contribution in [0.1, 0.15) is 24.2 Å². The number of rotatable bonds is 3. The monoisotopic (exact) mass is 220 g/mol. The van der Waals surface area contributed by atoms with Crippen LogP contribution in [0, 0.1) is 0 Å². The summed E-state index contributed by atoms with van der Waals surface area (Å²) < 4.78 is 1.55. The Morgan fingerprint density at radius 1 is 1.69 bits per heavy atom. The molecule has 0 aromatic carbocycles. The van der Waals surface area contributed by atoms with E-state index in [1.54, 1.807) is 10.7 Å². The first kappa shape index (κ1) is 10.6. The van der Waals surface area contributed by atoms with Gasteiger partial charge >= 0.3 is 5.97 Å². The van der Waals surface area contributed by atoms with E-state index >= 15 is 0 Å². The van der Waals surface area contributed by atoms with Crippen LogP contribution in [0.4, 0.5) is 0 Å². The Kier molecular flexibility index (Phi) is 2.57. The highest BCUT2D eigenvalue weighted by Crippen LogP contribution is 2.11. The third kappa shape index (κ3) is 1.74. The largest absolute Gasteiger partial charge is 0.480 e. The zero-order valence-electron chi connectivity index (χ0n) is 8.79. The minimum absolute atomic E-state index is 0.436. The summed E-state index contributed by atoms with van der Waals surface area (Å²) in [5.74, 6) is -1.08. The Bertz CT molecular complexity index is 535. The third-order valence-electron chi connectivity index (χ3n) is 2.37. The number of aliphatic carboxylic acids is 1. The van der Waals surface area contributed by atoms with Gasteiger partial charge in [0, 0.05) is 24.0 Å². The standard InChI is InChI=1S/C10H12N4O2/c1-2-7-3-8-12-4-6(5-14(8)13-7)9(11)10(15)16/h3-5,9H,2,11H2,1H3,(H,15,16). The number of nitrogens with zero attached hydrogens (tertiary/aromatic N) is 3. The number of carboxylic acid groups (broad SMARTS) is 1. The Morgan fingerprint density at radius 2 is 2.44 bits per heavy atom. The molecule has 84 valence electrons. The second kappa shape index (κ2) is 3.90. The van der Waals surface area contributed by atoms with Crippen LogP contribution in [0.25, 0.3) is 5.65 Å². The molecule has 0 radical (unpaired) electrons. The van der Waals surface area contributed by atoms with Gasteiger partial charge in [-0.05, 0) is 6.42 Å². The number of nitrogens with two attached hydrogens (primary N) is 1. The van der Waals surface area contributed by atoms with Crippen LogP contribution >= 0.6 is 0 Å². The molecule has 0 aliphatic heterocycles. The van der Waals surface area contributed by atoms with Gasteiger partial charge in [0.05, 0.1) is 5.69 Å². The maximum atomic E-state index is 10.7. The van der Waals surface area contributed by atoms with Crippen molar-refractivity contribution < 1.29 is 9.90 Å². The lowest BCUT2D eigenvalue weighted by Gasteiger charge is -2.05. The molecule has 2 rings (SSSR count). The first-order chi connectivity index (χ1) is 7.61. The highest BCUT2D eigenvalue weighted by Gasteiger charge is 2.15. The van der Waals surface area contributed by atoms with Crippen LogP contribution in [0.5, 0.6) is 0 Å². The summed E-state index contributed by atoms with van der Waals surface area (Å²) in [6, 6.07) is 0.793. The Hall–Kier alpha value is -1.95. The molecule has 1 atom stereocenters. The van der Waals surface area contributed by atoms with E-state index in [-0.39, 0.29) is 0 Å². The second-order valence-electron chi connectivity index (χ2n) is 3.50. The first-order valence-corrected chi connectivity index (χ1v) is 4.94. The van der Waals surface area contributed by atoms with Crippen molar-refractivity contribution >= 4 is 11.6 Å². The molecule has 16 heavy (non-hydrogen) atoms. The predicted octanol–water partition coefficient (Wildman–Crippen LogP) is 0.376. The molecule has 0 saturated carbocycles. The number of carbonyl (C=O) groups is 1. The van der Waals surface area contributed by atoms with Crippen molar-refractivity contribution in [2.75, 3.05) is 0 Å². The van der Waals surface area contributed by atoms with Crippen molar-refractivity contribution in [3.63, 3.8) is 0 Å². The van der Waals surface area contributed by atoms with Crippen LogP contribution < -0.4 is 5.73 Å². The van der Waals surface area contributed by atoms with Gasteiger partial charge in [0.15, 0.2) is 5.65 Å². The topological polar surface area (TPSA) is 93.5 Å². The van der Waals surface area contributed by atoms with Gasteiger partial charge in [-0.25, -0.2) is 9.50 Å². The fourth-order valence-electron chi connectivity index (χ4n) is 1.42. The summed E-state index contributed by atoms with van der Waals surface area (Å²) in [6.45, 7) is 1.99. The van der Waals surface area contributed by atoms with Crippen LogP contribution in [0.15, 0.2) is 18.5 Å². The molecule has 0 amide bonds. The second-order valence-corrected chi connectivity index (χ2v) is 3.50. The lowest BCUT2D eigenvalue weighted by Crippen LogP contribution is -2.21. The Balaban J connectivity index is 2.46. The molecule has 0 aliphatic carbocycles. The Labute approximate surface area is 91.7 Å². The van der Waals surface area contributed by atoms with Crippen LogP contribution in [-0.4, -0.2) is 25.7 Å². The van der Waals surface area contributed by atoms with Gasteiger partial charge in [0.1, 0.15) is 6.04 Å². The fraction of sp³-hybridized carbons (Fsp3) is 0.300. The molecular formula is C10H12N4O2.